The van der Waals surface area contributed by atoms with Crippen LogP contribution in [0.4, 0.5) is 0 Å². The molecule has 0 heterocycles. The fourth-order valence-electron chi connectivity index (χ4n) is 2.01. The Hall–Kier alpha value is -0.570. The van der Waals surface area contributed by atoms with Gasteiger partial charge in [-0.05, 0) is 38.1 Å². The van der Waals surface area contributed by atoms with Gasteiger partial charge >= 0.3 is 0 Å². The zero-order chi connectivity index (χ0) is 9.84. The van der Waals surface area contributed by atoms with E-state index in [2.05, 4.69) is 0 Å². The molecule has 0 atom stereocenters. The number of hydrogen-bond acceptors (Lipinski definition) is 2. The van der Waals surface area contributed by atoms with Crippen LogP contribution in [-0.2, 0) is 4.79 Å². The smallest absolute Gasteiger partial charge is 0.225 e. The van der Waals surface area contributed by atoms with Crippen LogP contribution in [0.1, 0.15) is 25.7 Å². The topological polar surface area (TPSA) is 46.3 Å². The summed E-state index contributed by atoms with van der Waals surface area (Å²) in [6, 6.07) is 0. The van der Waals surface area contributed by atoms with Gasteiger partial charge in [-0.15, -0.1) is 0 Å². The number of nitrogens with two attached hydrogens (primary N) is 1. The van der Waals surface area contributed by atoms with E-state index in [1.807, 2.05) is 14.1 Å². The van der Waals surface area contributed by atoms with Gasteiger partial charge in [-0.2, -0.15) is 0 Å². The van der Waals surface area contributed by atoms with Crippen molar-refractivity contribution < 1.29 is 4.79 Å². The highest BCUT2D eigenvalue weighted by molar-refractivity contribution is 5.78. The van der Waals surface area contributed by atoms with Gasteiger partial charge in [0.2, 0.25) is 5.91 Å². The first kappa shape index (κ1) is 10.5. The molecule has 1 rings (SSSR count). The zero-order valence-corrected chi connectivity index (χ0v) is 8.62. The molecule has 3 heteroatoms. The molecule has 0 bridgehead atoms. The normalized spacial score (nSPS) is 28.5. The lowest BCUT2D eigenvalue weighted by molar-refractivity contribution is -0.134. The van der Waals surface area contributed by atoms with E-state index in [9.17, 15) is 4.79 Å². The molecule has 0 aromatic carbocycles. The molecule has 0 radical (unpaired) electrons. The van der Waals surface area contributed by atoms with Gasteiger partial charge < -0.3 is 10.6 Å². The fourth-order valence-corrected chi connectivity index (χ4v) is 2.01. The minimum atomic E-state index is 0.262. The summed E-state index contributed by atoms with van der Waals surface area (Å²) in [7, 11) is 3.66. The van der Waals surface area contributed by atoms with Crippen molar-refractivity contribution in [3.63, 3.8) is 0 Å². The molecule has 0 aromatic heterocycles. The molecule has 1 aliphatic rings. The van der Waals surface area contributed by atoms with Gasteiger partial charge in [0.25, 0.3) is 0 Å². The summed E-state index contributed by atoms with van der Waals surface area (Å²) in [6.45, 7) is 0.781. The predicted molar refractivity (Wildman–Crippen MR) is 53.2 cm³/mol. The van der Waals surface area contributed by atoms with Gasteiger partial charge in [-0.25, -0.2) is 0 Å². The molecular formula is C10H20N2O. The van der Waals surface area contributed by atoms with Gasteiger partial charge in [0.1, 0.15) is 0 Å². The van der Waals surface area contributed by atoms with Crippen molar-refractivity contribution in [1.82, 2.24) is 4.90 Å². The second-order valence-electron chi connectivity index (χ2n) is 4.19. The molecule has 0 aliphatic heterocycles. The van der Waals surface area contributed by atoms with E-state index in [1.165, 1.54) is 0 Å². The molecular weight excluding hydrogens is 164 g/mol. The van der Waals surface area contributed by atoms with Crippen molar-refractivity contribution in [3.05, 3.63) is 0 Å². The molecule has 76 valence electrons. The van der Waals surface area contributed by atoms with E-state index in [0.717, 1.165) is 32.2 Å². The van der Waals surface area contributed by atoms with Gasteiger partial charge in [0.05, 0.1) is 0 Å². The van der Waals surface area contributed by atoms with Gasteiger partial charge in [-0.1, -0.05) is 0 Å². The van der Waals surface area contributed by atoms with E-state index in [0.29, 0.717) is 5.92 Å². The maximum absolute atomic E-state index is 11.6. The lowest BCUT2D eigenvalue weighted by atomic mass is 9.81. The fraction of sp³-hybridized carbons (Fsp3) is 0.900. The predicted octanol–water partition coefficient (Wildman–Crippen LogP) is 0.840. The third-order valence-corrected chi connectivity index (χ3v) is 2.97. The summed E-state index contributed by atoms with van der Waals surface area (Å²) in [4.78, 5) is 13.3. The summed E-state index contributed by atoms with van der Waals surface area (Å²) in [6.07, 6.45) is 4.30. The van der Waals surface area contributed by atoms with Gasteiger partial charge in [0.15, 0.2) is 0 Å². The second kappa shape index (κ2) is 4.61. The Kier molecular flexibility index (Phi) is 3.72. The Morgan fingerprint density at radius 2 is 1.85 bits per heavy atom. The van der Waals surface area contributed by atoms with Crippen molar-refractivity contribution in [2.24, 2.45) is 17.6 Å². The van der Waals surface area contributed by atoms with Gasteiger partial charge in [0, 0.05) is 20.0 Å². The molecule has 0 spiro atoms. The van der Waals surface area contributed by atoms with Crippen molar-refractivity contribution >= 4 is 5.91 Å². The largest absolute Gasteiger partial charge is 0.349 e. The van der Waals surface area contributed by atoms with Gasteiger partial charge in [-0.3, -0.25) is 4.79 Å². The van der Waals surface area contributed by atoms with E-state index in [1.54, 1.807) is 4.90 Å². The van der Waals surface area contributed by atoms with Crippen LogP contribution in [0.5, 0.6) is 0 Å². The maximum Gasteiger partial charge on any atom is 0.225 e. The average molecular weight is 184 g/mol. The summed E-state index contributed by atoms with van der Waals surface area (Å²) < 4.78 is 0. The molecule has 0 unspecified atom stereocenters. The standard InChI is InChI=1S/C10H20N2O/c1-12(2)10(13)9-5-3-8(7-11)4-6-9/h8-9H,3-7,11H2,1-2H3/t8-,9-. The molecule has 3 nitrogen and oxygen atoms in total. The molecule has 13 heavy (non-hydrogen) atoms. The van der Waals surface area contributed by atoms with E-state index < -0.39 is 0 Å². The van der Waals surface area contributed by atoms with Crippen LogP contribution in [0.15, 0.2) is 0 Å². The Morgan fingerprint density at radius 3 is 2.23 bits per heavy atom. The van der Waals surface area contributed by atoms with Crippen LogP contribution >= 0.6 is 0 Å². The molecule has 1 saturated carbocycles. The third kappa shape index (κ3) is 2.69. The Balaban J connectivity index is 2.36. The summed E-state index contributed by atoms with van der Waals surface area (Å²) in [5, 5.41) is 0. The molecule has 0 aromatic rings. The second-order valence-corrected chi connectivity index (χ2v) is 4.19. The number of carbonyl (C=O) groups excluding carboxylic acids is 1. The minimum Gasteiger partial charge on any atom is -0.349 e. The number of carbonyl (C=O) groups is 1. The van der Waals surface area contributed by atoms with Crippen molar-refractivity contribution in [1.29, 1.82) is 0 Å². The van der Waals surface area contributed by atoms with Crippen LogP contribution in [0, 0.1) is 11.8 Å². The maximum atomic E-state index is 11.6. The Labute approximate surface area is 80.3 Å². The average Bonchev–Trinajstić information content (AvgIpc) is 2.17. The SMILES string of the molecule is CN(C)C(=O)[C@H]1CC[C@H](CN)CC1. The first-order chi connectivity index (χ1) is 6.15. The number of rotatable bonds is 2. The van der Waals surface area contributed by atoms with Crippen LogP contribution in [0.2, 0.25) is 0 Å². The minimum absolute atomic E-state index is 0.262. The highest BCUT2D eigenvalue weighted by Crippen LogP contribution is 2.28. The van der Waals surface area contributed by atoms with E-state index in [-0.39, 0.29) is 11.8 Å². The van der Waals surface area contributed by atoms with E-state index >= 15 is 0 Å². The molecule has 1 aliphatic carbocycles. The number of amides is 1. The summed E-state index contributed by atoms with van der Waals surface area (Å²) in [5.41, 5.74) is 5.59. The lowest BCUT2D eigenvalue weighted by Gasteiger charge is -2.28. The first-order valence-corrected chi connectivity index (χ1v) is 5.06. The van der Waals surface area contributed by atoms with Crippen LogP contribution in [0.25, 0.3) is 0 Å². The first-order valence-electron chi connectivity index (χ1n) is 5.06. The Bertz CT molecular complexity index is 172. The number of hydrogen-bond donors (Lipinski definition) is 1. The van der Waals surface area contributed by atoms with Crippen molar-refractivity contribution in [3.8, 4) is 0 Å². The summed E-state index contributed by atoms with van der Waals surface area (Å²) in [5.74, 6) is 1.21. The van der Waals surface area contributed by atoms with Crippen LogP contribution < -0.4 is 5.73 Å². The highest BCUT2D eigenvalue weighted by Gasteiger charge is 2.26. The Morgan fingerprint density at radius 1 is 1.31 bits per heavy atom. The van der Waals surface area contributed by atoms with Crippen LogP contribution in [0.3, 0.4) is 0 Å². The molecule has 2 N–H and O–H groups in total. The monoisotopic (exact) mass is 184 g/mol. The number of nitrogens with zero attached hydrogens (tertiary/aromatic N) is 1. The van der Waals surface area contributed by atoms with Crippen molar-refractivity contribution in [2.75, 3.05) is 20.6 Å². The quantitative estimate of drug-likeness (QED) is 0.691. The zero-order valence-electron chi connectivity index (χ0n) is 8.62. The highest BCUT2D eigenvalue weighted by atomic mass is 16.2. The molecule has 1 fully saturated rings. The third-order valence-electron chi connectivity index (χ3n) is 2.97. The molecule has 1 amide bonds. The van der Waals surface area contributed by atoms with Crippen molar-refractivity contribution in [2.45, 2.75) is 25.7 Å². The summed E-state index contributed by atoms with van der Waals surface area (Å²) >= 11 is 0. The lowest BCUT2D eigenvalue weighted by Crippen LogP contribution is -2.33. The van der Waals surface area contributed by atoms with Crippen LogP contribution in [-0.4, -0.2) is 31.4 Å². The van der Waals surface area contributed by atoms with E-state index in [4.69, 9.17) is 5.73 Å². The molecule has 0 saturated heterocycles.